The molecule has 3 nitrogen and oxygen atoms in total. The molecule has 1 saturated carbocycles. The Morgan fingerprint density at radius 3 is 2.71 bits per heavy atom. The summed E-state index contributed by atoms with van der Waals surface area (Å²) in [5.74, 6) is -0.171. The van der Waals surface area contributed by atoms with E-state index in [9.17, 15) is 9.59 Å². The predicted molar refractivity (Wildman–Crippen MR) is 52.7 cm³/mol. The summed E-state index contributed by atoms with van der Waals surface area (Å²) in [6.07, 6.45) is 9.01. The molecule has 0 aromatic carbocycles. The molecule has 0 aliphatic heterocycles. The van der Waals surface area contributed by atoms with Crippen LogP contribution in [0.3, 0.4) is 0 Å². The largest absolute Gasteiger partial charge is 0.469 e. The van der Waals surface area contributed by atoms with E-state index in [4.69, 9.17) is 0 Å². The van der Waals surface area contributed by atoms with E-state index in [2.05, 4.69) is 4.74 Å². The standard InChI is InChI=1S/C11H16O3/c1-14-10(13)5-3-2-4-6-11(9-12)7-8-11/h4,6,9H,2-3,5,7-8H2,1H3/b6-4-. The van der Waals surface area contributed by atoms with Crippen LogP contribution in [0.2, 0.25) is 0 Å². The molecule has 1 aliphatic rings. The lowest BCUT2D eigenvalue weighted by molar-refractivity contribution is -0.140. The average molecular weight is 196 g/mol. The second kappa shape index (κ2) is 4.94. The minimum absolute atomic E-state index is 0.148. The van der Waals surface area contributed by atoms with E-state index in [0.29, 0.717) is 6.42 Å². The number of esters is 1. The average Bonchev–Trinajstić information content (AvgIpc) is 2.98. The van der Waals surface area contributed by atoms with Crippen molar-refractivity contribution in [2.45, 2.75) is 32.1 Å². The van der Waals surface area contributed by atoms with Gasteiger partial charge in [0.15, 0.2) is 0 Å². The van der Waals surface area contributed by atoms with Crippen molar-refractivity contribution in [3.63, 3.8) is 0 Å². The fourth-order valence-electron chi connectivity index (χ4n) is 1.25. The minimum atomic E-state index is -0.171. The number of rotatable bonds is 6. The van der Waals surface area contributed by atoms with Gasteiger partial charge >= 0.3 is 5.97 Å². The van der Waals surface area contributed by atoms with Gasteiger partial charge in [-0.25, -0.2) is 0 Å². The molecule has 1 rings (SSSR count). The van der Waals surface area contributed by atoms with Gasteiger partial charge < -0.3 is 9.53 Å². The third-order valence-electron chi connectivity index (χ3n) is 2.49. The smallest absolute Gasteiger partial charge is 0.305 e. The van der Waals surface area contributed by atoms with E-state index in [0.717, 1.165) is 32.0 Å². The van der Waals surface area contributed by atoms with Gasteiger partial charge in [0.2, 0.25) is 0 Å². The molecule has 0 radical (unpaired) electrons. The highest BCUT2D eigenvalue weighted by Crippen LogP contribution is 2.44. The Morgan fingerprint density at radius 1 is 1.50 bits per heavy atom. The number of unbranched alkanes of at least 4 members (excludes halogenated alkanes) is 1. The van der Waals surface area contributed by atoms with Gasteiger partial charge in [0.1, 0.15) is 6.29 Å². The summed E-state index contributed by atoms with van der Waals surface area (Å²) < 4.78 is 4.51. The number of methoxy groups -OCH3 is 1. The van der Waals surface area contributed by atoms with Gasteiger partial charge in [0.25, 0.3) is 0 Å². The fourth-order valence-corrected chi connectivity index (χ4v) is 1.25. The van der Waals surface area contributed by atoms with E-state index < -0.39 is 0 Å². The van der Waals surface area contributed by atoms with Crippen LogP contribution < -0.4 is 0 Å². The molecule has 0 heterocycles. The molecule has 1 fully saturated rings. The quantitative estimate of drug-likeness (QED) is 0.282. The van der Waals surface area contributed by atoms with Crippen LogP contribution in [0.15, 0.2) is 12.2 Å². The molecule has 0 aromatic heterocycles. The number of aldehydes is 1. The number of allylic oxidation sites excluding steroid dienone is 2. The third kappa shape index (κ3) is 3.32. The highest BCUT2D eigenvalue weighted by molar-refractivity contribution is 5.69. The van der Waals surface area contributed by atoms with E-state index in [1.165, 1.54) is 7.11 Å². The van der Waals surface area contributed by atoms with E-state index >= 15 is 0 Å². The molecule has 0 bridgehead atoms. The summed E-state index contributed by atoms with van der Waals surface area (Å²) >= 11 is 0. The maximum atomic E-state index is 10.7. The lowest BCUT2D eigenvalue weighted by Crippen LogP contribution is -1.99. The Balaban J connectivity index is 2.09. The summed E-state index contributed by atoms with van der Waals surface area (Å²) in [7, 11) is 1.39. The first-order valence-corrected chi connectivity index (χ1v) is 4.93. The number of carbonyl (C=O) groups excluding carboxylic acids is 2. The Labute approximate surface area is 84.1 Å². The molecule has 0 atom stereocenters. The van der Waals surface area contributed by atoms with Gasteiger partial charge in [0.05, 0.1) is 7.11 Å². The number of hydrogen-bond donors (Lipinski definition) is 0. The maximum Gasteiger partial charge on any atom is 0.305 e. The molecule has 1 aliphatic carbocycles. The van der Waals surface area contributed by atoms with Crippen molar-refractivity contribution < 1.29 is 14.3 Å². The fraction of sp³-hybridized carbons (Fsp3) is 0.636. The Kier molecular flexibility index (Phi) is 3.86. The van der Waals surface area contributed by atoms with Gasteiger partial charge in [-0.05, 0) is 25.7 Å². The van der Waals surface area contributed by atoms with E-state index in [1.54, 1.807) is 0 Å². The van der Waals surface area contributed by atoms with Crippen molar-refractivity contribution >= 4 is 12.3 Å². The van der Waals surface area contributed by atoms with Crippen LogP contribution in [0.25, 0.3) is 0 Å². The second-order valence-electron chi connectivity index (χ2n) is 3.72. The van der Waals surface area contributed by atoms with Gasteiger partial charge in [-0.15, -0.1) is 0 Å². The van der Waals surface area contributed by atoms with Crippen LogP contribution in [-0.2, 0) is 14.3 Å². The van der Waals surface area contributed by atoms with Crippen LogP contribution in [0.4, 0.5) is 0 Å². The molecule has 0 N–H and O–H groups in total. The molecule has 3 heteroatoms. The lowest BCUT2D eigenvalue weighted by Gasteiger charge is -1.98. The molecule has 0 saturated heterocycles. The maximum absolute atomic E-state index is 10.7. The monoisotopic (exact) mass is 196 g/mol. The van der Waals surface area contributed by atoms with Crippen molar-refractivity contribution in [3.8, 4) is 0 Å². The first-order chi connectivity index (χ1) is 6.72. The van der Waals surface area contributed by atoms with Crippen molar-refractivity contribution in [3.05, 3.63) is 12.2 Å². The van der Waals surface area contributed by atoms with Crippen LogP contribution in [0, 0.1) is 5.41 Å². The van der Waals surface area contributed by atoms with Gasteiger partial charge in [-0.1, -0.05) is 12.2 Å². The zero-order valence-corrected chi connectivity index (χ0v) is 8.49. The first-order valence-electron chi connectivity index (χ1n) is 4.93. The molecule has 78 valence electrons. The normalized spacial score (nSPS) is 18.1. The van der Waals surface area contributed by atoms with Crippen LogP contribution in [-0.4, -0.2) is 19.4 Å². The molecular weight excluding hydrogens is 180 g/mol. The number of hydrogen-bond acceptors (Lipinski definition) is 3. The first kappa shape index (κ1) is 11.0. The Hall–Kier alpha value is -1.12. The number of carbonyl (C=O) groups is 2. The van der Waals surface area contributed by atoms with Crippen molar-refractivity contribution in [2.24, 2.45) is 5.41 Å². The number of ether oxygens (including phenoxy) is 1. The highest BCUT2D eigenvalue weighted by atomic mass is 16.5. The van der Waals surface area contributed by atoms with Gasteiger partial charge in [-0.2, -0.15) is 0 Å². The summed E-state index contributed by atoms with van der Waals surface area (Å²) in [5, 5.41) is 0. The SMILES string of the molecule is COC(=O)CCC/C=C\C1(C=O)CC1. The van der Waals surface area contributed by atoms with Crippen LogP contribution >= 0.6 is 0 Å². The summed E-state index contributed by atoms with van der Waals surface area (Å²) in [4.78, 5) is 21.3. The molecular formula is C11H16O3. The Bertz CT molecular complexity index is 239. The molecule has 0 unspecified atom stereocenters. The van der Waals surface area contributed by atoms with Crippen molar-refractivity contribution in [1.29, 1.82) is 0 Å². The predicted octanol–water partition coefficient (Wildman–Crippen LogP) is 1.86. The summed E-state index contributed by atoms with van der Waals surface area (Å²) in [6.45, 7) is 0. The topological polar surface area (TPSA) is 43.4 Å². The molecule has 0 aromatic rings. The van der Waals surface area contributed by atoms with Gasteiger partial charge in [-0.3, -0.25) is 4.79 Å². The van der Waals surface area contributed by atoms with Crippen molar-refractivity contribution in [2.75, 3.05) is 7.11 Å². The Morgan fingerprint density at radius 2 is 2.21 bits per heavy atom. The van der Waals surface area contributed by atoms with E-state index in [-0.39, 0.29) is 11.4 Å². The molecule has 0 amide bonds. The lowest BCUT2D eigenvalue weighted by atomic mass is 10.1. The van der Waals surface area contributed by atoms with Crippen molar-refractivity contribution in [1.82, 2.24) is 0 Å². The summed E-state index contributed by atoms with van der Waals surface area (Å²) in [6, 6.07) is 0. The van der Waals surface area contributed by atoms with Crippen LogP contribution in [0.5, 0.6) is 0 Å². The highest BCUT2D eigenvalue weighted by Gasteiger charge is 2.39. The second-order valence-corrected chi connectivity index (χ2v) is 3.72. The molecule has 14 heavy (non-hydrogen) atoms. The molecule has 0 spiro atoms. The van der Waals surface area contributed by atoms with Gasteiger partial charge in [0, 0.05) is 11.8 Å². The van der Waals surface area contributed by atoms with Crippen LogP contribution in [0.1, 0.15) is 32.1 Å². The third-order valence-corrected chi connectivity index (χ3v) is 2.49. The minimum Gasteiger partial charge on any atom is -0.469 e. The summed E-state index contributed by atoms with van der Waals surface area (Å²) in [5.41, 5.74) is -0.148. The van der Waals surface area contributed by atoms with E-state index in [1.807, 2.05) is 12.2 Å². The zero-order chi connectivity index (χ0) is 10.4. The zero-order valence-electron chi connectivity index (χ0n) is 8.49.